The molecular weight excluding hydrogens is 614 g/mol. The second-order valence-electron chi connectivity index (χ2n) is 18.4. The number of ketones is 1. The quantitative estimate of drug-likeness (QED) is 0.260. The van der Waals surface area contributed by atoms with Crippen LogP contribution in [0.3, 0.4) is 0 Å². The SMILES string of the molecule is CC[C@H]1[C@@H](O)[C@@H]2[C@H](CC[C@]3(C)[C@@H]([C@H](C)CCOC(=O)NS(=O)(=O)C[C@@]45C(=O)CC(CCC4C)C5(C)C)CC[C@@H]23)[C@@]2(C)CC[C@@H](O)C[C@@H]12. The molecule has 6 aliphatic carbocycles. The lowest BCUT2D eigenvalue weighted by Crippen LogP contribution is -2.62. The highest BCUT2D eigenvalue weighted by Crippen LogP contribution is 2.69. The molecule has 3 N–H and O–H groups in total. The van der Waals surface area contributed by atoms with Gasteiger partial charge in [0.2, 0.25) is 10.0 Å². The lowest BCUT2D eigenvalue weighted by Gasteiger charge is -2.64. The van der Waals surface area contributed by atoms with E-state index in [4.69, 9.17) is 4.74 Å². The molecule has 9 heteroatoms. The average molecular weight is 678 g/mol. The zero-order valence-corrected chi connectivity index (χ0v) is 30.9. The fourth-order valence-corrected chi connectivity index (χ4v) is 15.6. The Balaban J connectivity index is 1.06. The summed E-state index contributed by atoms with van der Waals surface area (Å²) in [5.41, 5.74) is -1.14. The summed E-state index contributed by atoms with van der Waals surface area (Å²) >= 11 is 0. The van der Waals surface area contributed by atoms with Gasteiger partial charge < -0.3 is 14.9 Å². The molecule has 14 atom stereocenters. The molecule has 6 rings (SSSR count). The largest absolute Gasteiger partial charge is 0.449 e. The Kier molecular flexibility index (Phi) is 9.28. The number of nitrogens with one attached hydrogen (secondary N) is 1. The molecule has 2 bridgehead atoms. The lowest BCUT2D eigenvalue weighted by molar-refractivity contribution is -0.203. The molecule has 2 unspecified atom stereocenters. The molecule has 0 aromatic heterocycles. The zero-order valence-electron chi connectivity index (χ0n) is 30.1. The monoisotopic (exact) mass is 677 g/mol. The van der Waals surface area contributed by atoms with Crippen molar-refractivity contribution in [2.24, 2.45) is 74.9 Å². The number of sulfonamides is 1. The van der Waals surface area contributed by atoms with Crippen LogP contribution in [0.5, 0.6) is 0 Å². The van der Waals surface area contributed by atoms with Gasteiger partial charge in [-0.05, 0) is 134 Å². The van der Waals surface area contributed by atoms with E-state index in [0.29, 0.717) is 36.5 Å². The summed E-state index contributed by atoms with van der Waals surface area (Å²) in [4.78, 5) is 26.1. The molecule has 0 radical (unpaired) electrons. The molecular formula is C38H63NO7S. The van der Waals surface area contributed by atoms with Crippen molar-refractivity contribution >= 4 is 21.9 Å². The molecule has 0 spiro atoms. The van der Waals surface area contributed by atoms with Crippen LogP contribution in [0.15, 0.2) is 0 Å². The lowest BCUT2D eigenvalue weighted by atomic mass is 9.41. The number of aliphatic hydroxyl groups excluding tert-OH is 2. The third-order valence-corrected chi connectivity index (χ3v) is 17.8. The number of carbonyl (C=O) groups is 2. The third kappa shape index (κ3) is 5.45. The Morgan fingerprint density at radius 3 is 2.36 bits per heavy atom. The van der Waals surface area contributed by atoms with Gasteiger partial charge in [0.15, 0.2) is 0 Å². The van der Waals surface area contributed by atoms with Crippen molar-refractivity contribution in [1.82, 2.24) is 4.72 Å². The van der Waals surface area contributed by atoms with Crippen molar-refractivity contribution in [2.45, 2.75) is 138 Å². The molecule has 8 nitrogen and oxygen atoms in total. The topological polar surface area (TPSA) is 130 Å². The van der Waals surface area contributed by atoms with E-state index in [2.05, 4.69) is 32.4 Å². The molecule has 0 aromatic carbocycles. The summed E-state index contributed by atoms with van der Waals surface area (Å²) in [6, 6.07) is 0. The first-order valence-electron chi connectivity index (χ1n) is 19.0. The third-order valence-electron chi connectivity index (χ3n) is 16.5. The molecule has 268 valence electrons. The summed E-state index contributed by atoms with van der Waals surface area (Å²) in [5, 5.41) is 22.5. The standard InChI is InChI=1S/C38H63NO7S/c1-8-26-30-20-25(40)13-16-37(30,7)29-14-17-36(6)27(11-12-28(36)32(29)33(26)42)22(2)15-18-46-34(43)39-47(44,45)21-38-23(3)9-10-24(19-31(38)41)35(38,4)5/h22-30,32-33,40,42H,8-21H2,1-7H3,(H,39,43)/t22-,23?,24?,25-,26-,27-,28+,29+,30+,32+,33-,36-,37-,38+/m1/s1. The van der Waals surface area contributed by atoms with E-state index in [1.165, 1.54) is 0 Å². The number of fused-ring (bicyclic) bond motifs is 7. The summed E-state index contributed by atoms with van der Waals surface area (Å²) in [6.45, 7) is 15.5. The van der Waals surface area contributed by atoms with Gasteiger partial charge in [0.05, 0.1) is 30.0 Å². The highest BCUT2D eigenvalue weighted by molar-refractivity contribution is 7.90. The van der Waals surface area contributed by atoms with Gasteiger partial charge in [-0.15, -0.1) is 0 Å². The fourth-order valence-electron chi connectivity index (χ4n) is 13.8. The highest BCUT2D eigenvalue weighted by Gasteiger charge is 2.67. The average Bonchev–Trinajstić information content (AvgIpc) is 3.38. The number of hydrogen-bond donors (Lipinski definition) is 3. The van der Waals surface area contributed by atoms with Gasteiger partial charge in [0.1, 0.15) is 5.78 Å². The van der Waals surface area contributed by atoms with E-state index in [-0.39, 0.29) is 70.8 Å². The second-order valence-corrected chi connectivity index (χ2v) is 20.1. The van der Waals surface area contributed by atoms with E-state index >= 15 is 0 Å². The van der Waals surface area contributed by atoms with Crippen LogP contribution in [0, 0.1) is 74.9 Å². The van der Waals surface area contributed by atoms with E-state index in [1.54, 1.807) is 0 Å². The van der Waals surface area contributed by atoms with Crippen LogP contribution in [-0.4, -0.2) is 55.1 Å². The van der Waals surface area contributed by atoms with Gasteiger partial charge in [-0.1, -0.05) is 54.9 Å². The molecule has 0 heterocycles. The van der Waals surface area contributed by atoms with Crippen LogP contribution in [0.4, 0.5) is 4.79 Å². The van der Waals surface area contributed by atoms with E-state index in [1.807, 2.05) is 20.8 Å². The first kappa shape index (κ1) is 35.6. The molecule has 47 heavy (non-hydrogen) atoms. The Bertz CT molecular complexity index is 1330. The van der Waals surface area contributed by atoms with Crippen LogP contribution in [0.2, 0.25) is 0 Å². The number of ether oxygens (including phenoxy) is 1. The molecule has 6 saturated carbocycles. The summed E-state index contributed by atoms with van der Waals surface area (Å²) in [6.07, 6.45) is 9.46. The van der Waals surface area contributed by atoms with Crippen LogP contribution in [0.25, 0.3) is 0 Å². The second kappa shape index (κ2) is 12.2. The van der Waals surface area contributed by atoms with Crippen molar-refractivity contribution in [3.8, 4) is 0 Å². The Morgan fingerprint density at radius 1 is 0.979 bits per heavy atom. The Labute approximate surface area is 284 Å². The maximum absolute atomic E-state index is 13.3. The van der Waals surface area contributed by atoms with Crippen molar-refractivity contribution in [1.29, 1.82) is 0 Å². The maximum atomic E-state index is 13.3. The van der Waals surface area contributed by atoms with Gasteiger partial charge in [-0.3, -0.25) is 4.79 Å². The number of amides is 1. The van der Waals surface area contributed by atoms with Gasteiger partial charge in [0.25, 0.3) is 0 Å². The van der Waals surface area contributed by atoms with Gasteiger partial charge in [-0.25, -0.2) is 17.9 Å². The predicted octanol–water partition coefficient (Wildman–Crippen LogP) is 6.73. The minimum Gasteiger partial charge on any atom is -0.449 e. The number of carbonyl (C=O) groups excluding carboxylic acids is 2. The van der Waals surface area contributed by atoms with Crippen molar-refractivity contribution in [3.05, 3.63) is 0 Å². The van der Waals surface area contributed by atoms with Crippen LogP contribution in [0.1, 0.15) is 126 Å². The normalized spacial score (nSPS) is 47.8. The summed E-state index contributed by atoms with van der Waals surface area (Å²) in [5.74, 6) is 2.35. The number of hydrogen-bond acceptors (Lipinski definition) is 7. The minimum absolute atomic E-state index is 0.0138. The Hall–Kier alpha value is -1.19. The van der Waals surface area contributed by atoms with Gasteiger partial charge >= 0.3 is 6.09 Å². The van der Waals surface area contributed by atoms with Gasteiger partial charge in [-0.2, -0.15) is 0 Å². The molecule has 1 amide bonds. The van der Waals surface area contributed by atoms with E-state index in [9.17, 15) is 28.2 Å². The van der Waals surface area contributed by atoms with Crippen LogP contribution < -0.4 is 4.72 Å². The molecule has 0 saturated heterocycles. The first-order chi connectivity index (χ1) is 21.9. The smallest absolute Gasteiger partial charge is 0.420 e. The first-order valence-corrected chi connectivity index (χ1v) is 20.6. The predicted molar refractivity (Wildman–Crippen MR) is 182 cm³/mol. The molecule has 0 aliphatic heterocycles. The minimum atomic E-state index is -4.08. The van der Waals surface area contributed by atoms with Crippen molar-refractivity contribution in [2.75, 3.05) is 12.4 Å². The maximum Gasteiger partial charge on any atom is 0.420 e. The zero-order chi connectivity index (χ0) is 34.3. The molecule has 0 aromatic rings. The van der Waals surface area contributed by atoms with Crippen LogP contribution >= 0.6 is 0 Å². The number of Topliss-reactive ketones (excluding diaryl/α,β-unsaturated/α-hetero) is 1. The van der Waals surface area contributed by atoms with Crippen LogP contribution in [-0.2, 0) is 19.6 Å². The summed E-state index contributed by atoms with van der Waals surface area (Å²) in [7, 11) is -4.08. The van der Waals surface area contributed by atoms with Crippen molar-refractivity contribution < 1.29 is 33.0 Å². The Morgan fingerprint density at radius 2 is 1.66 bits per heavy atom. The summed E-state index contributed by atoms with van der Waals surface area (Å²) < 4.78 is 34.2. The molecule has 6 fully saturated rings. The number of rotatable bonds is 8. The van der Waals surface area contributed by atoms with E-state index in [0.717, 1.165) is 64.2 Å². The highest BCUT2D eigenvalue weighted by atomic mass is 32.2. The van der Waals surface area contributed by atoms with Gasteiger partial charge in [0, 0.05) is 6.42 Å². The van der Waals surface area contributed by atoms with E-state index < -0.39 is 26.9 Å². The van der Waals surface area contributed by atoms with Crippen molar-refractivity contribution in [3.63, 3.8) is 0 Å². The molecule has 6 aliphatic rings. The fraction of sp³-hybridized carbons (Fsp3) is 0.947. The number of aliphatic hydroxyl groups is 2.